The van der Waals surface area contributed by atoms with E-state index in [0.29, 0.717) is 6.54 Å². The highest BCUT2D eigenvalue weighted by molar-refractivity contribution is 7.16. The maximum atomic E-state index is 12.1. The molecule has 2 aromatic heterocycles. The van der Waals surface area contributed by atoms with Gasteiger partial charge >= 0.3 is 6.09 Å². The van der Waals surface area contributed by atoms with E-state index >= 15 is 0 Å². The van der Waals surface area contributed by atoms with Crippen molar-refractivity contribution in [3.05, 3.63) is 11.1 Å². The van der Waals surface area contributed by atoms with E-state index in [2.05, 4.69) is 15.3 Å². The molecule has 1 aliphatic heterocycles. The van der Waals surface area contributed by atoms with E-state index in [0.717, 1.165) is 48.1 Å². The van der Waals surface area contributed by atoms with Crippen molar-refractivity contribution in [2.75, 3.05) is 43.9 Å². The number of hydrogen-bond donors (Lipinski definition) is 1. The van der Waals surface area contributed by atoms with Crippen molar-refractivity contribution in [2.24, 2.45) is 7.05 Å². The predicted molar refractivity (Wildman–Crippen MR) is 113 cm³/mol. The molecule has 0 aromatic carbocycles. The Labute approximate surface area is 170 Å². The summed E-state index contributed by atoms with van der Waals surface area (Å²) in [4.78, 5) is 22.2. The zero-order chi connectivity index (χ0) is 20.5. The number of thiazole rings is 1. The number of hydrogen-bond acceptors (Lipinski definition) is 7. The van der Waals surface area contributed by atoms with Gasteiger partial charge in [0.1, 0.15) is 11.4 Å². The second-order valence-corrected chi connectivity index (χ2v) is 9.12. The fourth-order valence-electron chi connectivity index (χ4n) is 3.30. The van der Waals surface area contributed by atoms with E-state index in [9.17, 15) is 4.79 Å². The minimum Gasteiger partial charge on any atom is -0.444 e. The summed E-state index contributed by atoms with van der Waals surface area (Å²) in [6.45, 7) is 8.03. The average molecular weight is 407 g/mol. The predicted octanol–water partition coefficient (Wildman–Crippen LogP) is 3.20. The van der Waals surface area contributed by atoms with Crippen LogP contribution in [-0.2, 0) is 18.2 Å². The molecule has 0 radical (unpaired) electrons. The summed E-state index contributed by atoms with van der Waals surface area (Å²) in [5.41, 5.74) is 1.63. The molecule has 0 saturated heterocycles. The van der Waals surface area contributed by atoms with Gasteiger partial charge in [-0.1, -0.05) is 0 Å². The van der Waals surface area contributed by atoms with E-state index in [4.69, 9.17) is 9.72 Å². The molecular formula is C19H30N6O2S. The molecule has 0 saturated carbocycles. The number of fused-ring (bicyclic) bond motifs is 3. The van der Waals surface area contributed by atoms with Crippen LogP contribution >= 0.6 is 11.3 Å². The second-order valence-electron chi connectivity index (χ2n) is 8.04. The Hall–Kier alpha value is -2.29. The fourth-order valence-corrected chi connectivity index (χ4v) is 4.22. The Bertz CT molecular complexity index is 838. The van der Waals surface area contributed by atoms with E-state index in [1.165, 1.54) is 4.88 Å². The molecule has 9 heteroatoms. The van der Waals surface area contributed by atoms with Crippen molar-refractivity contribution >= 4 is 28.4 Å². The molecule has 28 heavy (non-hydrogen) atoms. The molecule has 0 spiro atoms. The van der Waals surface area contributed by atoms with Gasteiger partial charge in [-0.05, 0) is 27.2 Å². The van der Waals surface area contributed by atoms with Crippen LogP contribution in [0.25, 0.3) is 11.3 Å². The highest BCUT2D eigenvalue weighted by Crippen LogP contribution is 2.39. The van der Waals surface area contributed by atoms with Gasteiger partial charge in [0.25, 0.3) is 0 Å². The number of ether oxygens (including phenoxy) is 1. The van der Waals surface area contributed by atoms with Gasteiger partial charge in [-0.15, -0.1) is 11.3 Å². The van der Waals surface area contributed by atoms with Crippen molar-refractivity contribution in [3.8, 4) is 11.3 Å². The third-order valence-electron chi connectivity index (χ3n) is 4.61. The first-order valence-electron chi connectivity index (χ1n) is 9.58. The fraction of sp³-hybridized carbons (Fsp3) is 0.632. The number of nitrogens with one attached hydrogen (secondary N) is 1. The molecular weight excluding hydrogens is 376 g/mol. The van der Waals surface area contributed by atoms with Crippen molar-refractivity contribution in [2.45, 2.75) is 39.2 Å². The van der Waals surface area contributed by atoms with Crippen LogP contribution in [-0.4, -0.2) is 65.1 Å². The van der Waals surface area contributed by atoms with Gasteiger partial charge in [0.2, 0.25) is 0 Å². The second kappa shape index (κ2) is 7.98. The molecule has 1 amide bonds. The SMILES string of the molecule is CNc1nc2c(s1)CCN(CCCN(C)C(=O)OC(C)(C)C)c1c-2cnn1C. The van der Waals surface area contributed by atoms with Crippen LogP contribution in [0.1, 0.15) is 32.1 Å². The molecule has 0 atom stereocenters. The Morgan fingerprint density at radius 3 is 2.86 bits per heavy atom. The van der Waals surface area contributed by atoms with Gasteiger partial charge in [0.15, 0.2) is 5.13 Å². The molecule has 3 heterocycles. The minimum atomic E-state index is -0.476. The number of carbonyl (C=O) groups is 1. The molecule has 0 bridgehead atoms. The van der Waals surface area contributed by atoms with E-state index in [-0.39, 0.29) is 6.09 Å². The van der Waals surface area contributed by atoms with E-state index < -0.39 is 5.60 Å². The van der Waals surface area contributed by atoms with Crippen molar-refractivity contribution in [1.82, 2.24) is 19.7 Å². The number of aryl methyl sites for hydroxylation is 1. The van der Waals surface area contributed by atoms with Crippen LogP contribution in [0.4, 0.5) is 15.7 Å². The first kappa shape index (κ1) is 20.4. The maximum Gasteiger partial charge on any atom is 0.410 e. The Balaban J connectivity index is 1.67. The van der Waals surface area contributed by atoms with Gasteiger partial charge in [-0.25, -0.2) is 9.78 Å². The summed E-state index contributed by atoms with van der Waals surface area (Å²) in [5, 5.41) is 8.55. The van der Waals surface area contributed by atoms with Crippen LogP contribution in [0.15, 0.2) is 6.20 Å². The largest absolute Gasteiger partial charge is 0.444 e. The summed E-state index contributed by atoms with van der Waals surface area (Å²) >= 11 is 1.71. The number of nitrogens with zero attached hydrogens (tertiary/aromatic N) is 5. The molecule has 0 fully saturated rings. The zero-order valence-electron chi connectivity index (χ0n) is 17.6. The van der Waals surface area contributed by atoms with Crippen LogP contribution in [0.3, 0.4) is 0 Å². The van der Waals surface area contributed by atoms with Crippen LogP contribution < -0.4 is 10.2 Å². The Morgan fingerprint density at radius 1 is 1.43 bits per heavy atom. The molecule has 154 valence electrons. The number of amides is 1. The van der Waals surface area contributed by atoms with Crippen molar-refractivity contribution in [3.63, 3.8) is 0 Å². The Morgan fingerprint density at radius 2 is 2.18 bits per heavy atom. The number of rotatable bonds is 5. The molecule has 0 unspecified atom stereocenters. The monoisotopic (exact) mass is 406 g/mol. The lowest BCUT2D eigenvalue weighted by atomic mass is 10.2. The van der Waals surface area contributed by atoms with Gasteiger partial charge in [-0.2, -0.15) is 5.10 Å². The highest BCUT2D eigenvalue weighted by atomic mass is 32.1. The molecule has 3 rings (SSSR count). The summed E-state index contributed by atoms with van der Waals surface area (Å²) in [6, 6.07) is 0. The first-order chi connectivity index (χ1) is 13.2. The van der Waals surface area contributed by atoms with Crippen LogP contribution in [0.5, 0.6) is 0 Å². The average Bonchev–Trinajstić information content (AvgIpc) is 3.16. The molecule has 8 nitrogen and oxygen atoms in total. The lowest BCUT2D eigenvalue weighted by molar-refractivity contribution is 0.0298. The first-order valence-corrected chi connectivity index (χ1v) is 10.4. The van der Waals surface area contributed by atoms with Gasteiger partial charge in [-0.3, -0.25) is 4.68 Å². The standard InChI is InChI=1S/C19H30N6O2S/c1-19(2,3)27-18(26)23(5)9-7-10-25-11-8-14-15(22-17(20-4)28-14)13-12-21-24(6)16(13)25/h12H,7-11H2,1-6H3,(H,20,22). The molecule has 2 aromatic rings. The quantitative estimate of drug-likeness (QED) is 0.822. The lowest BCUT2D eigenvalue weighted by Gasteiger charge is -2.27. The summed E-state index contributed by atoms with van der Waals surface area (Å²) < 4.78 is 7.34. The van der Waals surface area contributed by atoms with E-state index in [1.807, 2.05) is 45.7 Å². The number of carbonyl (C=O) groups excluding carboxylic acids is 1. The topological polar surface area (TPSA) is 75.5 Å². The molecule has 0 aliphatic carbocycles. The number of aromatic nitrogens is 3. The van der Waals surface area contributed by atoms with Crippen LogP contribution in [0.2, 0.25) is 0 Å². The third-order valence-corrected chi connectivity index (χ3v) is 5.74. The maximum absolute atomic E-state index is 12.1. The highest BCUT2D eigenvalue weighted by Gasteiger charge is 2.27. The molecule has 1 aliphatic rings. The minimum absolute atomic E-state index is 0.282. The smallest absolute Gasteiger partial charge is 0.410 e. The molecule has 1 N–H and O–H groups in total. The van der Waals surface area contributed by atoms with Gasteiger partial charge in [0, 0.05) is 52.1 Å². The van der Waals surface area contributed by atoms with Crippen molar-refractivity contribution in [1.29, 1.82) is 0 Å². The number of anilines is 2. The summed E-state index contributed by atoms with van der Waals surface area (Å²) in [5.74, 6) is 1.09. The Kier molecular flexibility index (Phi) is 5.83. The third kappa shape index (κ3) is 4.40. The van der Waals surface area contributed by atoms with Gasteiger partial charge in [0.05, 0.1) is 17.5 Å². The van der Waals surface area contributed by atoms with Gasteiger partial charge < -0.3 is 19.9 Å². The summed E-state index contributed by atoms with van der Waals surface area (Å²) in [6.07, 6.45) is 3.42. The normalized spacial score (nSPS) is 13.6. The summed E-state index contributed by atoms with van der Waals surface area (Å²) in [7, 11) is 5.65. The zero-order valence-corrected chi connectivity index (χ0v) is 18.4. The van der Waals surface area contributed by atoms with Crippen molar-refractivity contribution < 1.29 is 9.53 Å². The lowest BCUT2D eigenvalue weighted by Crippen LogP contribution is -2.36. The van der Waals surface area contributed by atoms with E-state index in [1.54, 1.807) is 23.3 Å². The van der Waals surface area contributed by atoms with Crippen LogP contribution in [0, 0.1) is 0 Å².